The monoisotopic (exact) mass is 324 g/mol. The van der Waals surface area contributed by atoms with E-state index < -0.39 is 16.1 Å². The highest BCUT2D eigenvalue weighted by atomic mass is 32.2. The summed E-state index contributed by atoms with van der Waals surface area (Å²) in [6.45, 7) is 5.17. The van der Waals surface area contributed by atoms with E-state index in [9.17, 15) is 13.2 Å². The molecule has 0 spiro atoms. The molecule has 1 aliphatic rings. The van der Waals surface area contributed by atoms with Gasteiger partial charge in [0.1, 0.15) is 6.04 Å². The molecule has 1 N–H and O–H groups in total. The van der Waals surface area contributed by atoms with Crippen LogP contribution in [0.1, 0.15) is 38.2 Å². The first-order valence-corrected chi connectivity index (χ1v) is 9.30. The van der Waals surface area contributed by atoms with Crippen molar-refractivity contribution >= 4 is 15.9 Å². The second-order valence-corrected chi connectivity index (χ2v) is 7.50. The topological polar surface area (TPSA) is 66.5 Å². The van der Waals surface area contributed by atoms with E-state index in [-0.39, 0.29) is 10.8 Å². The van der Waals surface area contributed by atoms with Crippen LogP contribution in [0.5, 0.6) is 0 Å². The molecular formula is C16H24N2O3S. The van der Waals surface area contributed by atoms with Crippen LogP contribution in [0.25, 0.3) is 0 Å². The van der Waals surface area contributed by atoms with Gasteiger partial charge in [0, 0.05) is 13.1 Å². The molecule has 1 saturated heterocycles. The average Bonchev–Trinajstić information content (AvgIpc) is 2.53. The number of hydrogen-bond donors (Lipinski definition) is 1. The number of likely N-dealkylation sites (tertiary alicyclic amines) is 1. The van der Waals surface area contributed by atoms with Crippen molar-refractivity contribution in [3.05, 3.63) is 29.8 Å². The number of nitrogens with zero attached hydrogens (tertiary/aromatic N) is 1. The number of aryl methyl sites for hydroxylation is 1. The highest BCUT2D eigenvalue weighted by Crippen LogP contribution is 2.14. The lowest BCUT2D eigenvalue weighted by molar-refractivity contribution is -0.133. The van der Waals surface area contributed by atoms with E-state index in [2.05, 4.69) is 4.72 Å². The fourth-order valence-electron chi connectivity index (χ4n) is 2.62. The van der Waals surface area contributed by atoms with Crippen LogP contribution in [0.15, 0.2) is 29.2 Å². The third kappa shape index (κ3) is 4.08. The molecule has 0 radical (unpaired) electrons. The molecule has 122 valence electrons. The third-order valence-electron chi connectivity index (χ3n) is 4.00. The first-order chi connectivity index (χ1) is 10.4. The molecule has 22 heavy (non-hydrogen) atoms. The average molecular weight is 324 g/mol. The fourth-order valence-corrected chi connectivity index (χ4v) is 3.89. The van der Waals surface area contributed by atoms with E-state index in [1.54, 1.807) is 29.2 Å². The first-order valence-electron chi connectivity index (χ1n) is 7.82. The van der Waals surface area contributed by atoms with Crippen LogP contribution in [0.3, 0.4) is 0 Å². The standard InChI is InChI=1S/C16H24N2O3S/c1-3-15(16(19)18-11-5-4-6-12-18)17-22(20,21)14-9-7-13(2)8-10-14/h7-10,15,17H,3-6,11-12H2,1-2H3/t15-/m1/s1. The Kier molecular flexibility index (Phi) is 5.58. The number of benzene rings is 1. The maximum Gasteiger partial charge on any atom is 0.241 e. The molecule has 6 heteroatoms. The molecule has 5 nitrogen and oxygen atoms in total. The molecule has 1 aliphatic heterocycles. The Bertz CT molecular complexity index is 605. The zero-order valence-corrected chi connectivity index (χ0v) is 14.0. The van der Waals surface area contributed by atoms with Crippen molar-refractivity contribution in [2.75, 3.05) is 13.1 Å². The van der Waals surface area contributed by atoms with Crippen molar-refractivity contribution in [1.82, 2.24) is 9.62 Å². The number of rotatable bonds is 5. The zero-order chi connectivity index (χ0) is 16.2. The fraction of sp³-hybridized carbons (Fsp3) is 0.562. The molecule has 0 saturated carbocycles. The summed E-state index contributed by atoms with van der Waals surface area (Å²) in [5, 5.41) is 0. The molecule has 1 amide bonds. The molecular weight excluding hydrogens is 300 g/mol. The largest absolute Gasteiger partial charge is 0.341 e. The summed E-state index contributed by atoms with van der Waals surface area (Å²) in [4.78, 5) is 14.5. The summed E-state index contributed by atoms with van der Waals surface area (Å²) in [5.74, 6) is -0.113. The predicted molar refractivity (Wildman–Crippen MR) is 86.0 cm³/mol. The Morgan fingerprint density at radius 2 is 1.77 bits per heavy atom. The van der Waals surface area contributed by atoms with Crippen LogP contribution in [-0.4, -0.2) is 38.4 Å². The van der Waals surface area contributed by atoms with Gasteiger partial charge < -0.3 is 4.90 Å². The Labute approximate surface area is 132 Å². The van der Waals surface area contributed by atoms with Gasteiger partial charge in [-0.3, -0.25) is 4.79 Å². The molecule has 1 aromatic carbocycles. The molecule has 0 unspecified atom stereocenters. The number of carbonyl (C=O) groups is 1. The lowest BCUT2D eigenvalue weighted by Crippen LogP contribution is -2.49. The number of amides is 1. The maximum absolute atomic E-state index is 12.5. The minimum atomic E-state index is -3.67. The Hall–Kier alpha value is -1.40. The van der Waals surface area contributed by atoms with Gasteiger partial charge in [-0.15, -0.1) is 0 Å². The molecule has 1 atom stereocenters. The van der Waals surface area contributed by atoms with Crippen LogP contribution in [0, 0.1) is 6.92 Å². The minimum absolute atomic E-state index is 0.113. The highest BCUT2D eigenvalue weighted by Gasteiger charge is 2.28. The molecule has 2 rings (SSSR count). The Balaban J connectivity index is 2.11. The SMILES string of the molecule is CC[C@@H](NS(=O)(=O)c1ccc(C)cc1)C(=O)N1CCCCC1. The molecule has 1 aromatic rings. The second-order valence-electron chi connectivity index (χ2n) is 5.78. The number of piperidine rings is 1. The lowest BCUT2D eigenvalue weighted by Gasteiger charge is -2.30. The molecule has 0 aliphatic carbocycles. The summed E-state index contributed by atoms with van der Waals surface area (Å²) in [7, 11) is -3.67. The van der Waals surface area contributed by atoms with Crippen molar-refractivity contribution in [3.63, 3.8) is 0 Å². The second kappa shape index (κ2) is 7.24. The van der Waals surface area contributed by atoms with E-state index in [0.717, 1.165) is 37.9 Å². The van der Waals surface area contributed by atoms with Crippen LogP contribution in [-0.2, 0) is 14.8 Å². The van der Waals surface area contributed by atoms with Gasteiger partial charge >= 0.3 is 0 Å². The number of nitrogens with one attached hydrogen (secondary N) is 1. The van der Waals surface area contributed by atoms with Gasteiger partial charge in [0.05, 0.1) is 4.90 Å². The van der Waals surface area contributed by atoms with Crippen molar-refractivity contribution in [1.29, 1.82) is 0 Å². The van der Waals surface area contributed by atoms with Gasteiger partial charge in [-0.1, -0.05) is 24.6 Å². The molecule has 1 heterocycles. The van der Waals surface area contributed by atoms with Crippen LogP contribution >= 0.6 is 0 Å². The number of hydrogen-bond acceptors (Lipinski definition) is 3. The smallest absolute Gasteiger partial charge is 0.241 e. The minimum Gasteiger partial charge on any atom is -0.341 e. The van der Waals surface area contributed by atoms with E-state index in [1.165, 1.54) is 0 Å². The summed E-state index contributed by atoms with van der Waals surface area (Å²) in [6, 6.07) is 5.94. The third-order valence-corrected chi connectivity index (χ3v) is 5.49. The molecule has 1 fully saturated rings. The first kappa shape index (κ1) is 17.0. The highest BCUT2D eigenvalue weighted by molar-refractivity contribution is 7.89. The van der Waals surface area contributed by atoms with Crippen molar-refractivity contribution < 1.29 is 13.2 Å². The van der Waals surface area contributed by atoms with E-state index in [1.807, 2.05) is 13.8 Å². The van der Waals surface area contributed by atoms with Gasteiger partial charge in [0.2, 0.25) is 15.9 Å². The van der Waals surface area contributed by atoms with Crippen molar-refractivity contribution in [2.24, 2.45) is 0 Å². The van der Waals surface area contributed by atoms with Crippen LogP contribution in [0.4, 0.5) is 0 Å². The molecule has 0 aromatic heterocycles. The quantitative estimate of drug-likeness (QED) is 0.901. The summed E-state index contributed by atoms with van der Waals surface area (Å²) < 4.78 is 27.4. The van der Waals surface area contributed by atoms with E-state index in [4.69, 9.17) is 0 Å². The number of sulfonamides is 1. The Morgan fingerprint density at radius 3 is 2.32 bits per heavy atom. The van der Waals surface area contributed by atoms with Crippen molar-refractivity contribution in [2.45, 2.75) is 50.5 Å². The molecule has 0 bridgehead atoms. The maximum atomic E-state index is 12.5. The van der Waals surface area contributed by atoms with Gasteiger partial charge in [0.15, 0.2) is 0 Å². The number of carbonyl (C=O) groups excluding carboxylic acids is 1. The normalized spacial score (nSPS) is 17.3. The summed E-state index contributed by atoms with van der Waals surface area (Å²) in [5.41, 5.74) is 0.996. The van der Waals surface area contributed by atoms with Crippen LogP contribution in [0.2, 0.25) is 0 Å². The lowest BCUT2D eigenvalue weighted by atomic mass is 10.1. The summed E-state index contributed by atoms with van der Waals surface area (Å²) in [6.07, 6.45) is 3.57. The van der Waals surface area contributed by atoms with Gasteiger partial charge in [0.25, 0.3) is 0 Å². The van der Waals surface area contributed by atoms with Crippen molar-refractivity contribution in [3.8, 4) is 0 Å². The van der Waals surface area contributed by atoms with Gasteiger partial charge in [-0.05, 0) is 44.7 Å². The predicted octanol–water partition coefficient (Wildman–Crippen LogP) is 2.06. The summed E-state index contributed by atoms with van der Waals surface area (Å²) >= 11 is 0. The Morgan fingerprint density at radius 1 is 1.18 bits per heavy atom. The van der Waals surface area contributed by atoms with E-state index >= 15 is 0 Å². The van der Waals surface area contributed by atoms with Gasteiger partial charge in [-0.25, -0.2) is 8.42 Å². The zero-order valence-electron chi connectivity index (χ0n) is 13.2. The van der Waals surface area contributed by atoms with Crippen LogP contribution < -0.4 is 4.72 Å². The van der Waals surface area contributed by atoms with E-state index in [0.29, 0.717) is 6.42 Å². The van der Waals surface area contributed by atoms with Gasteiger partial charge in [-0.2, -0.15) is 4.72 Å².